The number of halogens is 1. The molecule has 0 aromatic heterocycles. The SMILES string of the molecule is CC1CCC(CC(=O)N2CCNC[C@@H]2C)CC1.Cl. The molecule has 18 heavy (non-hydrogen) atoms. The van der Waals surface area contributed by atoms with Gasteiger partial charge in [-0.2, -0.15) is 0 Å². The standard InChI is InChI=1S/C14H26N2O.ClH/c1-11-3-5-13(6-4-11)9-14(17)16-8-7-15-10-12(16)2;/h11-13,15H,3-10H2,1-2H3;1H/t11?,12-,13?;/m0./s1. The maximum Gasteiger partial charge on any atom is 0.223 e. The molecular weight excluding hydrogens is 248 g/mol. The van der Waals surface area contributed by atoms with Crippen LogP contribution in [0.5, 0.6) is 0 Å². The number of piperazine rings is 1. The number of nitrogens with zero attached hydrogens (tertiary/aromatic N) is 1. The van der Waals surface area contributed by atoms with Crippen LogP contribution in [0.15, 0.2) is 0 Å². The zero-order valence-electron chi connectivity index (χ0n) is 11.7. The molecule has 1 heterocycles. The average Bonchev–Trinajstić information content (AvgIpc) is 2.32. The molecule has 0 spiro atoms. The van der Waals surface area contributed by atoms with Crippen LogP contribution in [-0.2, 0) is 4.79 Å². The molecule has 1 amide bonds. The second kappa shape index (κ2) is 7.34. The smallest absolute Gasteiger partial charge is 0.223 e. The van der Waals surface area contributed by atoms with Crippen LogP contribution in [0.3, 0.4) is 0 Å². The first-order valence-electron chi connectivity index (χ1n) is 7.17. The van der Waals surface area contributed by atoms with Gasteiger partial charge in [0.1, 0.15) is 0 Å². The third-order valence-electron chi connectivity index (χ3n) is 4.42. The number of hydrogen-bond donors (Lipinski definition) is 1. The minimum absolute atomic E-state index is 0. The summed E-state index contributed by atoms with van der Waals surface area (Å²) in [6, 6.07) is 0.374. The molecule has 4 heteroatoms. The monoisotopic (exact) mass is 274 g/mol. The molecule has 0 unspecified atom stereocenters. The molecule has 1 saturated heterocycles. The van der Waals surface area contributed by atoms with Crippen molar-refractivity contribution in [3.8, 4) is 0 Å². The van der Waals surface area contributed by atoms with Gasteiger partial charge < -0.3 is 10.2 Å². The lowest BCUT2D eigenvalue weighted by Gasteiger charge is -2.35. The fraction of sp³-hybridized carbons (Fsp3) is 0.929. The van der Waals surface area contributed by atoms with Crippen molar-refractivity contribution in [3.63, 3.8) is 0 Å². The highest BCUT2D eigenvalue weighted by Crippen LogP contribution is 2.30. The summed E-state index contributed by atoms with van der Waals surface area (Å²) in [7, 11) is 0. The lowest BCUT2D eigenvalue weighted by Crippen LogP contribution is -2.52. The largest absolute Gasteiger partial charge is 0.337 e. The first-order chi connectivity index (χ1) is 8.16. The minimum atomic E-state index is 0. The van der Waals surface area contributed by atoms with Crippen LogP contribution in [0.25, 0.3) is 0 Å². The molecular formula is C14H27ClN2O. The third-order valence-corrected chi connectivity index (χ3v) is 4.42. The van der Waals surface area contributed by atoms with Gasteiger partial charge in [-0.15, -0.1) is 12.4 Å². The summed E-state index contributed by atoms with van der Waals surface area (Å²) in [6.45, 7) is 7.28. The normalized spacial score (nSPS) is 32.8. The predicted molar refractivity (Wildman–Crippen MR) is 77.0 cm³/mol. The van der Waals surface area contributed by atoms with E-state index >= 15 is 0 Å². The molecule has 3 nitrogen and oxygen atoms in total. The highest BCUT2D eigenvalue weighted by atomic mass is 35.5. The van der Waals surface area contributed by atoms with E-state index in [2.05, 4.69) is 24.1 Å². The summed E-state index contributed by atoms with van der Waals surface area (Å²) in [5, 5.41) is 3.33. The van der Waals surface area contributed by atoms with E-state index in [0.717, 1.165) is 32.0 Å². The van der Waals surface area contributed by atoms with Crippen molar-refractivity contribution >= 4 is 18.3 Å². The molecule has 2 rings (SSSR count). The Balaban J connectivity index is 0.00000162. The zero-order chi connectivity index (χ0) is 12.3. The molecule has 1 saturated carbocycles. The van der Waals surface area contributed by atoms with Gasteiger partial charge in [-0.1, -0.05) is 19.8 Å². The summed E-state index contributed by atoms with van der Waals surface area (Å²) < 4.78 is 0. The maximum atomic E-state index is 12.3. The summed E-state index contributed by atoms with van der Waals surface area (Å²) in [6.07, 6.45) is 5.93. The summed E-state index contributed by atoms with van der Waals surface area (Å²) in [4.78, 5) is 14.3. The van der Waals surface area contributed by atoms with E-state index in [4.69, 9.17) is 0 Å². The Morgan fingerprint density at radius 3 is 2.50 bits per heavy atom. The van der Waals surface area contributed by atoms with E-state index in [1.165, 1.54) is 25.7 Å². The fourth-order valence-corrected chi connectivity index (χ4v) is 3.11. The number of rotatable bonds is 2. The molecule has 1 atom stereocenters. The van der Waals surface area contributed by atoms with Crippen LogP contribution in [0.1, 0.15) is 46.0 Å². The predicted octanol–water partition coefficient (Wildman–Crippen LogP) is 2.44. The molecule has 1 aliphatic carbocycles. The first-order valence-corrected chi connectivity index (χ1v) is 7.17. The molecule has 2 aliphatic rings. The first kappa shape index (κ1) is 15.8. The van der Waals surface area contributed by atoms with E-state index in [1.807, 2.05) is 0 Å². The topological polar surface area (TPSA) is 32.3 Å². The second-order valence-electron chi connectivity index (χ2n) is 5.97. The molecule has 106 valence electrons. The molecule has 1 aliphatic heterocycles. The van der Waals surface area contributed by atoms with Gasteiger partial charge in [-0.25, -0.2) is 0 Å². The second-order valence-corrected chi connectivity index (χ2v) is 5.97. The van der Waals surface area contributed by atoms with E-state index in [-0.39, 0.29) is 12.4 Å². The zero-order valence-corrected chi connectivity index (χ0v) is 12.5. The van der Waals surface area contributed by atoms with Gasteiger partial charge in [0.25, 0.3) is 0 Å². The molecule has 0 radical (unpaired) electrons. The van der Waals surface area contributed by atoms with Crippen LogP contribution >= 0.6 is 12.4 Å². The van der Waals surface area contributed by atoms with Crippen LogP contribution in [0.2, 0.25) is 0 Å². The molecule has 1 N–H and O–H groups in total. The Kier molecular flexibility index (Phi) is 6.44. The van der Waals surface area contributed by atoms with Crippen LogP contribution in [0.4, 0.5) is 0 Å². The summed E-state index contributed by atoms with van der Waals surface area (Å²) in [5.41, 5.74) is 0. The summed E-state index contributed by atoms with van der Waals surface area (Å²) in [5.74, 6) is 1.92. The van der Waals surface area contributed by atoms with E-state index in [1.54, 1.807) is 0 Å². The van der Waals surface area contributed by atoms with Gasteiger partial charge in [0.15, 0.2) is 0 Å². The lowest BCUT2D eigenvalue weighted by atomic mass is 9.81. The van der Waals surface area contributed by atoms with Gasteiger partial charge in [0, 0.05) is 32.1 Å². The molecule has 0 aromatic rings. The number of carbonyl (C=O) groups is 1. The Hall–Kier alpha value is -0.280. The molecule has 0 aromatic carbocycles. The van der Waals surface area contributed by atoms with E-state index in [9.17, 15) is 4.79 Å². The van der Waals surface area contributed by atoms with Crippen molar-refractivity contribution in [1.82, 2.24) is 10.2 Å². The Bertz CT molecular complexity index is 265. The average molecular weight is 275 g/mol. The number of carbonyl (C=O) groups excluding carboxylic acids is 1. The van der Waals surface area contributed by atoms with Gasteiger partial charge in [0.2, 0.25) is 5.91 Å². The van der Waals surface area contributed by atoms with Gasteiger partial charge in [-0.05, 0) is 31.6 Å². The Morgan fingerprint density at radius 2 is 1.89 bits per heavy atom. The van der Waals surface area contributed by atoms with Gasteiger partial charge in [-0.3, -0.25) is 4.79 Å². The summed E-state index contributed by atoms with van der Waals surface area (Å²) >= 11 is 0. The highest BCUT2D eigenvalue weighted by Gasteiger charge is 2.26. The fourth-order valence-electron chi connectivity index (χ4n) is 3.11. The van der Waals surface area contributed by atoms with Crippen molar-refractivity contribution in [3.05, 3.63) is 0 Å². The highest BCUT2D eigenvalue weighted by molar-refractivity contribution is 5.85. The lowest BCUT2D eigenvalue weighted by molar-refractivity contribution is -0.135. The van der Waals surface area contributed by atoms with Crippen LogP contribution in [-0.4, -0.2) is 36.5 Å². The maximum absolute atomic E-state index is 12.3. The van der Waals surface area contributed by atoms with Crippen molar-refractivity contribution < 1.29 is 4.79 Å². The van der Waals surface area contributed by atoms with Crippen molar-refractivity contribution in [1.29, 1.82) is 0 Å². The minimum Gasteiger partial charge on any atom is -0.337 e. The third kappa shape index (κ3) is 4.13. The Morgan fingerprint density at radius 1 is 1.22 bits per heavy atom. The van der Waals surface area contributed by atoms with Gasteiger partial charge in [0.05, 0.1) is 0 Å². The van der Waals surface area contributed by atoms with Crippen LogP contribution in [0, 0.1) is 11.8 Å². The van der Waals surface area contributed by atoms with Crippen molar-refractivity contribution in [2.75, 3.05) is 19.6 Å². The molecule has 2 fully saturated rings. The molecule has 0 bridgehead atoms. The number of amides is 1. The van der Waals surface area contributed by atoms with E-state index in [0.29, 0.717) is 17.9 Å². The quantitative estimate of drug-likeness (QED) is 0.839. The van der Waals surface area contributed by atoms with E-state index < -0.39 is 0 Å². The van der Waals surface area contributed by atoms with Crippen molar-refractivity contribution in [2.45, 2.75) is 52.0 Å². The Labute approximate surface area is 117 Å². The number of hydrogen-bond acceptors (Lipinski definition) is 2. The van der Waals surface area contributed by atoms with Gasteiger partial charge >= 0.3 is 0 Å². The van der Waals surface area contributed by atoms with Crippen LogP contribution < -0.4 is 5.32 Å². The number of nitrogens with one attached hydrogen (secondary N) is 1. The van der Waals surface area contributed by atoms with Crippen molar-refractivity contribution in [2.24, 2.45) is 11.8 Å².